The van der Waals surface area contributed by atoms with Crippen molar-refractivity contribution in [2.75, 3.05) is 39.6 Å². The predicted octanol–water partition coefficient (Wildman–Crippen LogP) is 7.03. The van der Waals surface area contributed by atoms with Crippen LogP contribution < -0.4 is 29.9 Å². The first-order chi connectivity index (χ1) is 34.4. The zero-order valence-corrected chi connectivity index (χ0v) is 39.5. The molecule has 7 aromatic rings. The van der Waals surface area contributed by atoms with Crippen LogP contribution in [-0.2, 0) is 40.2 Å². The first kappa shape index (κ1) is 49.7. The van der Waals surface area contributed by atoms with Crippen molar-refractivity contribution < 1.29 is 61.5 Å². The molecular weight excluding hydrogens is 936 g/mol. The Bertz CT molecular complexity index is 2970. The molecule has 2 N–H and O–H groups in total. The third-order valence-electron chi connectivity index (χ3n) is 11.6. The minimum absolute atomic E-state index is 0.0339. The number of amides is 1. The van der Waals surface area contributed by atoms with Gasteiger partial charge in [-0.3, -0.25) is 18.5 Å². The molecule has 1 aliphatic heterocycles. The Morgan fingerprint density at radius 2 is 1.32 bits per heavy atom. The molecule has 0 bridgehead atoms. The molecule has 18 nitrogen and oxygen atoms in total. The maximum absolute atomic E-state index is 14.1. The summed E-state index contributed by atoms with van der Waals surface area (Å²) < 4.78 is 63.4. The fraction of sp³-hybridized carbons (Fsp3) is 0.212. The summed E-state index contributed by atoms with van der Waals surface area (Å²) in [4.78, 5) is 56.6. The quantitative estimate of drug-likeness (QED) is 0.0258. The van der Waals surface area contributed by atoms with E-state index in [1.807, 2.05) is 54.6 Å². The first-order valence-corrected chi connectivity index (χ1v) is 23.9. The number of benzene rings is 5. The average molecular weight is 985 g/mol. The summed E-state index contributed by atoms with van der Waals surface area (Å²) in [5, 5.41) is 15.2. The molecule has 5 aromatic carbocycles. The Labute approximate surface area is 408 Å². The fourth-order valence-electron chi connectivity index (χ4n) is 8.02. The number of aromatic nitrogens is 3. The Kier molecular flexibility index (Phi) is 15.7. The minimum atomic E-state index is -4.75. The number of anilines is 1. The fourth-order valence-corrected chi connectivity index (χ4v) is 8.79. The number of hydrogen-bond acceptors (Lipinski definition) is 14. The van der Waals surface area contributed by atoms with E-state index in [9.17, 15) is 29.0 Å². The molecule has 1 amide bonds. The Balaban J connectivity index is 1.20. The highest BCUT2D eigenvalue weighted by molar-refractivity contribution is 7.52. The normalized spacial score (nSPS) is 17.4. The van der Waals surface area contributed by atoms with Crippen molar-refractivity contribution in [2.45, 2.75) is 36.7 Å². The van der Waals surface area contributed by atoms with Crippen molar-refractivity contribution in [3.63, 3.8) is 0 Å². The predicted molar refractivity (Wildman–Crippen MR) is 257 cm³/mol. The van der Waals surface area contributed by atoms with Gasteiger partial charge in [-0.2, -0.15) is 9.71 Å². The molecular formula is C52H49N4O14P. The zero-order chi connectivity index (χ0) is 50.0. The Hall–Kier alpha value is -7.70. The summed E-state index contributed by atoms with van der Waals surface area (Å²) in [5.41, 5.74) is 0.0862. The van der Waals surface area contributed by atoms with Crippen molar-refractivity contribution in [2.24, 2.45) is 0 Å². The minimum Gasteiger partial charge on any atom is -0.618 e. The number of nitrogens with one attached hydrogen (secondary N) is 1. The maximum atomic E-state index is 14.1. The van der Waals surface area contributed by atoms with Crippen molar-refractivity contribution in [1.82, 2.24) is 9.55 Å². The van der Waals surface area contributed by atoms with Gasteiger partial charge in [0.05, 0.1) is 39.6 Å². The number of carbonyl (C=O) groups excluding carboxylic acids is 2. The molecule has 71 heavy (non-hydrogen) atoms. The molecule has 2 aromatic heterocycles. The molecule has 0 radical (unpaired) electrons. The number of carbonyl (C=O) groups is 2. The standard InChI is InChI=1S/C52H49N4O14P/c1-63-41-23-19-38(20-24-41)52(37-17-11-6-12-18-37,39-21-25-42(64-2)26-22-39)67-33-44-46(66-34-71(61,62)68-32-40-31-43(65-3)27-30-56(40)60)47(70-50(58)36-15-9-5-10-16-36)49(69-44)55-29-28-45(54-51(55)59)53-48(57)35-13-7-4-8-14-35/h4-31,44,46-47,49H,32-34H2,1-3H3,(H,61,62)(H,53,54,57,59)/t44-,46-,47-,49-/m1/s1. The molecule has 1 fully saturated rings. The van der Waals surface area contributed by atoms with Crippen LogP contribution in [0.25, 0.3) is 0 Å². The van der Waals surface area contributed by atoms with Crippen LogP contribution in [-0.4, -0.2) is 78.9 Å². The second-order valence-corrected chi connectivity index (χ2v) is 17.8. The highest BCUT2D eigenvalue weighted by Gasteiger charge is 2.52. The van der Waals surface area contributed by atoms with Crippen molar-refractivity contribution in [1.29, 1.82) is 0 Å². The summed E-state index contributed by atoms with van der Waals surface area (Å²) in [7, 11) is -0.244. The topological polar surface area (TPSA) is 219 Å². The molecule has 0 spiro atoms. The molecule has 1 saturated heterocycles. The molecule has 5 atom stereocenters. The van der Waals surface area contributed by atoms with Gasteiger partial charge in [-0.05, 0) is 71.3 Å². The van der Waals surface area contributed by atoms with Crippen molar-refractivity contribution in [3.05, 3.63) is 219 Å². The van der Waals surface area contributed by atoms with Crippen LogP contribution in [0.5, 0.6) is 17.2 Å². The van der Waals surface area contributed by atoms with E-state index in [-0.39, 0.29) is 23.7 Å². The third kappa shape index (κ3) is 11.5. The molecule has 1 aliphatic rings. The summed E-state index contributed by atoms with van der Waals surface area (Å²) in [5.74, 6) is 0.0386. The smallest absolute Gasteiger partial charge is 0.354 e. The van der Waals surface area contributed by atoms with Gasteiger partial charge in [-0.1, -0.05) is 91.0 Å². The first-order valence-electron chi connectivity index (χ1n) is 22.1. The number of hydrogen-bond donors (Lipinski definition) is 2. The number of methoxy groups -OCH3 is 3. The van der Waals surface area contributed by atoms with E-state index in [0.29, 0.717) is 44.2 Å². The van der Waals surface area contributed by atoms with Crippen LogP contribution in [0.15, 0.2) is 175 Å². The molecule has 0 saturated carbocycles. The Morgan fingerprint density at radius 1 is 0.761 bits per heavy atom. The van der Waals surface area contributed by atoms with Gasteiger partial charge in [0.25, 0.3) is 5.91 Å². The number of pyridine rings is 1. The van der Waals surface area contributed by atoms with Gasteiger partial charge >= 0.3 is 19.3 Å². The largest absolute Gasteiger partial charge is 0.618 e. The lowest BCUT2D eigenvalue weighted by Crippen LogP contribution is -2.43. The summed E-state index contributed by atoms with van der Waals surface area (Å²) in [6.45, 7) is -0.990. The Morgan fingerprint density at radius 3 is 1.90 bits per heavy atom. The lowest BCUT2D eigenvalue weighted by Gasteiger charge is -2.37. The molecule has 1 unspecified atom stereocenters. The van der Waals surface area contributed by atoms with Gasteiger partial charge in [0, 0.05) is 17.8 Å². The second kappa shape index (κ2) is 22.4. The highest BCUT2D eigenvalue weighted by atomic mass is 31.2. The maximum Gasteiger partial charge on any atom is 0.354 e. The lowest BCUT2D eigenvalue weighted by molar-refractivity contribution is -0.616. The van der Waals surface area contributed by atoms with Crippen LogP contribution in [0.4, 0.5) is 5.82 Å². The molecule has 366 valence electrons. The van der Waals surface area contributed by atoms with Crippen LogP contribution in [0.2, 0.25) is 0 Å². The molecule has 0 aliphatic carbocycles. The monoisotopic (exact) mass is 984 g/mol. The van der Waals surface area contributed by atoms with Gasteiger partial charge in [0.1, 0.15) is 53.8 Å². The summed E-state index contributed by atoms with van der Waals surface area (Å²) in [6.07, 6.45) is -4.36. The van der Waals surface area contributed by atoms with E-state index in [0.717, 1.165) is 10.8 Å². The third-order valence-corrected chi connectivity index (χ3v) is 12.6. The van der Waals surface area contributed by atoms with E-state index in [1.165, 1.54) is 43.6 Å². The van der Waals surface area contributed by atoms with Crippen LogP contribution >= 0.6 is 7.60 Å². The number of rotatable bonds is 20. The molecule has 3 heterocycles. The van der Waals surface area contributed by atoms with Crippen molar-refractivity contribution >= 4 is 25.3 Å². The summed E-state index contributed by atoms with van der Waals surface area (Å²) >= 11 is 0. The molecule has 8 rings (SSSR count). The van der Waals surface area contributed by atoms with E-state index < -0.39 is 68.3 Å². The van der Waals surface area contributed by atoms with Crippen LogP contribution in [0, 0.1) is 5.21 Å². The van der Waals surface area contributed by atoms with Gasteiger partial charge in [0.15, 0.2) is 18.5 Å². The van der Waals surface area contributed by atoms with Crippen LogP contribution in [0.1, 0.15) is 49.3 Å². The van der Waals surface area contributed by atoms with Crippen molar-refractivity contribution in [3.8, 4) is 17.2 Å². The number of nitrogens with zero attached hydrogens (tertiary/aromatic N) is 3. The van der Waals surface area contributed by atoms with Gasteiger partial charge in [-0.15, -0.1) is 0 Å². The zero-order valence-electron chi connectivity index (χ0n) is 38.6. The van der Waals surface area contributed by atoms with E-state index in [1.54, 1.807) is 87.0 Å². The van der Waals surface area contributed by atoms with Gasteiger partial charge in [0.2, 0.25) is 5.69 Å². The van der Waals surface area contributed by atoms with Gasteiger partial charge < -0.3 is 48.6 Å². The van der Waals surface area contributed by atoms with E-state index >= 15 is 0 Å². The highest BCUT2D eigenvalue weighted by Crippen LogP contribution is 2.46. The average Bonchev–Trinajstić information content (AvgIpc) is 3.74. The summed E-state index contributed by atoms with van der Waals surface area (Å²) in [6, 6.07) is 44.4. The lowest BCUT2D eigenvalue weighted by atomic mass is 9.80. The van der Waals surface area contributed by atoms with E-state index in [4.69, 9.17) is 37.7 Å². The van der Waals surface area contributed by atoms with Crippen LogP contribution in [0.3, 0.4) is 0 Å². The second-order valence-electron chi connectivity index (χ2n) is 16.0. The SMILES string of the molecule is COc1ccc(C(OC[C@H]2O[C@@H](n3ccc(NC(=O)c4ccccc4)nc3=O)[C@H](OC(=O)c3ccccc3)[C@@H]2OCP(=O)(O)OCc2cc(OC)cc[n+]2[O-])(c2ccccc2)c2ccc(OC)cc2)cc1. The van der Waals surface area contributed by atoms with Gasteiger partial charge in [-0.25, -0.2) is 9.59 Å². The van der Waals surface area contributed by atoms with E-state index in [2.05, 4.69) is 10.3 Å². The molecule has 19 heteroatoms. The number of esters is 1. The number of ether oxygens (including phenoxy) is 7.